The third-order valence-electron chi connectivity index (χ3n) is 11.1. The molecule has 49 heavy (non-hydrogen) atoms. The fraction of sp³-hybridized carbons (Fsp3) is 0.500. The number of aromatic nitrogens is 3. The largest absolute Gasteiger partial charge is 0.461 e. The van der Waals surface area contributed by atoms with Crippen LogP contribution in [-0.2, 0) is 4.74 Å². The number of alkyl halides is 4. The lowest BCUT2D eigenvalue weighted by atomic mass is 9.89. The summed E-state index contributed by atoms with van der Waals surface area (Å²) in [6.45, 7) is -2.24. The maximum Gasteiger partial charge on any atom is 0.319 e. The number of fused-ring (bicyclic) bond motifs is 4. The quantitative estimate of drug-likeness (QED) is 0.190. The summed E-state index contributed by atoms with van der Waals surface area (Å²) >= 11 is 0. The molecule has 258 valence electrons. The monoisotopic (exact) mass is 688 g/mol. The van der Waals surface area contributed by atoms with Gasteiger partial charge in [0.05, 0.1) is 35.6 Å². The summed E-state index contributed by atoms with van der Waals surface area (Å²) in [4.78, 5) is 17.1. The van der Waals surface area contributed by atoms with E-state index < -0.39 is 64.9 Å². The van der Waals surface area contributed by atoms with E-state index in [-0.39, 0.29) is 90.5 Å². The van der Waals surface area contributed by atoms with Crippen molar-refractivity contribution in [1.82, 2.24) is 19.9 Å². The molecule has 0 radical (unpaired) electrons. The number of hydrogen-bond acceptors (Lipinski definition) is 9. The van der Waals surface area contributed by atoms with Crippen molar-refractivity contribution in [3.63, 3.8) is 0 Å². The lowest BCUT2D eigenvalue weighted by Crippen LogP contribution is -2.43. The standard InChI is InChI=1S/C34H32F6N6O3/c35-16-49-29-22(36)3-2-17-8-18(41)9-19(23(17)29)26-25(38)27-20(10-42-26)30(46-6-7-47-11-21-24(37)28(21)46)44-31(43-27)48-15-33-4-1-5-45(33)14-32(12-33)13-34(32,39)40/h2-3,8-10,21,24,28H,1,4-7,11-16,41H2/t21-,24-,28-,32-,33-/m0/s1/i16D2. The summed E-state index contributed by atoms with van der Waals surface area (Å²) < 4.78 is 121. The second kappa shape index (κ2) is 10.7. The number of ether oxygens (including phenoxy) is 3. The zero-order chi connectivity index (χ0) is 35.7. The molecule has 1 spiro atoms. The summed E-state index contributed by atoms with van der Waals surface area (Å²) in [6, 6.07) is 4.05. The molecule has 5 fully saturated rings. The normalized spacial score (nSPS) is 31.0. The molecule has 2 saturated carbocycles. The molecule has 2 aromatic carbocycles. The highest BCUT2D eigenvalue weighted by atomic mass is 19.3. The van der Waals surface area contributed by atoms with Crippen LogP contribution in [0.25, 0.3) is 32.9 Å². The highest BCUT2D eigenvalue weighted by Crippen LogP contribution is 2.69. The predicted molar refractivity (Wildman–Crippen MR) is 167 cm³/mol. The summed E-state index contributed by atoms with van der Waals surface area (Å²) in [5.41, 5.74) is 3.66. The van der Waals surface area contributed by atoms with Crippen molar-refractivity contribution in [3.8, 4) is 23.0 Å². The van der Waals surface area contributed by atoms with Crippen molar-refractivity contribution in [3.05, 3.63) is 42.1 Å². The molecule has 9 nitrogen and oxygen atoms in total. The van der Waals surface area contributed by atoms with Gasteiger partial charge < -0.3 is 24.8 Å². The van der Waals surface area contributed by atoms with Crippen molar-refractivity contribution in [2.75, 3.05) is 56.9 Å². The lowest BCUT2D eigenvalue weighted by Gasteiger charge is -2.31. The molecule has 0 unspecified atom stereocenters. The molecule has 15 heteroatoms. The van der Waals surface area contributed by atoms with Crippen molar-refractivity contribution < 1.29 is 43.3 Å². The van der Waals surface area contributed by atoms with Gasteiger partial charge in [0.15, 0.2) is 17.4 Å². The SMILES string of the molecule is [2H]C([2H])(F)Oc1c(F)ccc2cc(N)cc(-c3ncc4c(N5CCOC[C@H]6[C@H](F)[C@H]65)nc(OC[C@@]56CCCN5C[C@@]5(CC5(F)F)C6)nc4c3F)c12. The van der Waals surface area contributed by atoms with Crippen LogP contribution < -0.4 is 20.1 Å². The molecule has 5 aliphatic rings. The Morgan fingerprint density at radius 1 is 1.12 bits per heavy atom. The van der Waals surface area contributed by atoms with Crippen LogP contribution in [0.5, 0.6) is 11.8 Å². The van der Waals surface area contributed by atoms with Gasteiger partial charge in [0, 0.05) is 48.3 Å². The first-order valence-corrected chi connectivity index (χ1v) is 16.2. The minimum Gasteiger partial charge on any atom is -0.461 e. The third kappa shape index (κ3) is 4.64. The van der Waals surface area contributed by atoms with Gasteiger partial charge in [0.25, 0.3) is 5.92 Å². The van der Waals surface area contributed by atoms with Gasteiger partial charge in [0.2, 0.25) is 6.81 Å². The van der Waals surface area contributed by atoms with E-state index in [1.807, 2.05) is 4.90 Å². The molecule has 0 amide bonds. The Bertz CT molecular complexity index is 2110. The number of nitrogens with zero attached hydrogens (tertiary/aromatic N) is 5. The number of pyridine rings is 1. The van der Waals surface area contributed by atoms with Gasteiger partial charge in [-0.25, -0.2) is 26.3 Å². The minimum atomic E-state index is -3.79. The van der Waals surface area contributed by atoms with Crippen LogP contribution in [0, 0.1) is 23.0 Å². The van der Waals surface area contributed by atoms with Crippen molar-refractivity contribution in [2.24, 2.45) is 11.3 Å². The van der Waals surface area contributed by atoms with Crippen LogP contribution in [0.15, 0.2) is 30.5 Å². The summed E-state index contributed by atoms with van der Waals surface area (Å²) in [5, 5.41) is 0.103. The van der Waals surface area contributed by atoms with Gasteiger partial charge in [0.1, 0.15) is 32.5 Å². The summed E-state index contributed by atoms with van der Waals surface area (Å²) in [7, 11) is 0. The van der Waals surface area contributed by atoms with Crippen molar-refractivity contribution in [2.45, 2.75) is 49.4 Å². The third-order valence-corrected chi connectivity index (χ3v) is 11.1. The number of benzene rings is 2. The zero-order valence-corrected chi connectivity index (χ0v) is 26.0. The van der Waals surface area contributed by atoms with Crippen LogP contribution in [0.3, 0.4) is 0 Å². The molecule has 4 aromatic rings. The second-order valence-corrected chi connectivity index (χ2v) is 14.0. The van der Waals surface area contributed by atoms with E-state index in [1.165, 1.54) is 24.4 Å². The van der Waals surface area contributed by atoms with E-state index in [4.69, 9.17) is 22.7 Å². The van der Waals surface area contributed by atoms with E-state index in [9.17, 15) is 13.2 Å². The average molecular weight is 689 g/mol. The molecule has 2 N–H and O–H groups in total. The average Bonchev–Trinajstić information content (AvgIpc) is 3.75. The predicted octanol–water partition coefficient (Wildman–Crippen LogP) is 5.83. The Labute approximate surface area is 279 Å². The van der Waals surface area contributed by atoms with E-state index in [2.05, 4.69) is 15.0 Å². The molecule has 5 atom stereocenters. The number of hydrogen-bond donors (Lipinski definition) is 1. The number of anilines is 2. The zero-order valence-electron chi connectivity index (χ0n) is 28.0. The van der Waals surface area contributed by atoms with E-state index in [0.29, 0.717) is 13.0 Å². The minimum absolute atomic E-state index is 0.0265. The van der Waals surface area contributed by atoms with E-state index in [1.54, 1.807) is 4.90 Å². The molecule has 2 aliphatic carbocycles. The first-order valence-electron chi connectivity index (χ1n) is 17.2. The van der Waals surface area contributed by atoms with Gasteiger partial charge in [-0.3, -0.25) is 9.88 Å². The van der Waals surface area contributed by atoms with E-state index >= 15 is 13.2 Å². The summed E-state index contributed by atoms with van der Waals surface area (Å²) in [5.74, 6) is -5.99. The number of nitrogens with two attached hydrogens (primary N) is 1. The van der Waals surface area contributed by atoms with Crippen LogP contribution in [-0.4, -0.2) is 89.8 Å². The maximum absolute atomic E-state index is 17.0. The maximum atomic E-state index is 17.0. The number of halogens is 6. The number of rotatable bonds is 7. The van der Waals surface area contributed by atoms with E-state index in [0.717, 1.165) is 12.5 Å². The van der Waals surface area contributed by atoms with Crippen molar-refractivity contribution in [1.29, 1.82) is 0 Å². The Balaban J connectivity index is 1.18. The van der Waals surface area contributed by atoms with Gasteiger partial charge in [-0.2, -0.15) is 9.97 Å². The Hall–Kier alpha value is -4.11. The lowest BCUT2D eigenvalue weighted by molar-refractivity contribution is 0.0647. The fourth-order valence-corrected chi connectivity index (χ4v) is 8.59. The molecule has 3 aliphatic heterocycles. The van der Waals surface area contributed by atoms with Gasteiger partial charge in [-0.15, -0.1) is 0 Å². The topological polar surface area (TPSA) is 98.9 Å². The van der Waals surface area contributed by atoms with Gasteiger partial charge in [-0.1, -0.05) is 6.07 Å². The molecular formula is C34H32F6N6O3. The first kappa shape index (κ1) is 28.7. The molecule has 5 heterocycles. The highest BCUT2D eigenvalue weighted by molar-refractivity contribution is 6.04. The smallest absolute Gasteiger partial charge is 0.319 e. The number of nitrogen functional groups attached to an aromatic ring is 1. The fourth-order valence-electron chi connectivity index (χ4n) is 8.59. The van der Waals surface area contributed by atoms with Crippen LogP contribution >= 0.6 is 0 Å². The first-order chi connectivity index (χ1) is 24.2. The second-order valence-electron chi connectivity index (χ2n) is 14.0. The Kier molecular flexibility index (Phi) is 6.26. The van der Waals surface area contributed by atoms with Crippen LogP contribution in [0.2, 0.25) is 0 Å². The Morgan fingerprint density at radius 3 is 2.76 bits per heavy atom. The molecule has 0 bridgehead atoms. The molecule has 2 aromatic heterocycles. The van der Waals surface area contributed by atoms with Gasteiger partial charge in [-0.05, 0) is 49.4 Å². The van der Waals surface area contributed by atoms with Crippen LogP contribution in [0.1, 0.15) is 28.4 Å². The molecule has 9 rings (SSSR count). The van der Waals surface area contributed by atoms with Crippen LogP contribution in [0.4, 0.5) is 37.8 Å². The Morgan fingerprint density at radius 2 is 1.96 bits per heavy atom. The van der Waals surface area contributed by atoms with Crippen molar-refractivity contribution >= 4 is 33.2 Å². The van der Waals surface area contributed by atoms with Gasteiger partial charge >= 0.3 is 6.01 Å². The molecule has 3 saturated heterocycles. The summed E-state index contributed by atoms with van der Waals surface area (Å²) in [6.07, 6.45) is 1.56. The highest BCUT2D eigenvalue weighted by Gasteiger charge is 2.77. The molecular weight excluding hydrogens is 654 g/mol.